The molecular weight excluding hydrogens is 508 g/mol. The Bertz CT molecular complexity index is 1630. The van der Waals surface area contributed by atoms with E-state index < -0.39 is 10.1 Å². The quantitative estimate of drug-likeness (QED) is 0.359. The molecule has 0 N–H and O–H groups in total. The topological polar surface area (TPSA) is 122 Å². The van der Waals surface area contributed by atoms with Crippen LogP contribution in [0.25, 0.3) is 28.9 Å². The Morgan fingerprint density at radius 2 is 1.92 bits per heavy atom. The van der Waals surface area contributed by atoms with Crippen molar-refractivity contribution in [3.05, 3.63) is 47.1 Å². The van der Waals surface area contributed by atoms with Gasteiger partial charge in [0, 0.05) is 38.1 Å². The largest absolute Gasteiger partial charge is 0.473 e. The monoisotopic (exact) mass is 540 g/mol. The molecule has 0 spiro atoms. The lowest BCUT2D eigenvalue weighted by Crippen LogP contribution is -2.31. The van der Waals surface area contributed by atoms with Crippen LogP contribution in [0.4, 0.5) is 0 Å². The van der Waals surface area contributed by atoms with Crippen LogP contribution >= 0.6 is 0 Å². The molecule has 1 aliphatic rings. The minimum atomic E-state index is -3.52. The van der Waals surface area contributed by atoms with Gasteiger partial charge in [0.1, 0.15) is 11.9 Å². The van der Waals surface area contributed by atoms with Crippen LogP contribution in [0.15, 0.2) is 18.6 Å². The van der Waals surface area contributed by atoms with E-state index in [-0.39, 0.29) is 12.7 Å². The van der Waals surface area contributed by atoms with Gasteiger partial charge in [-0.2, -0.15) is 18.6 Å². The van der Waals surface area contributed by atoms with Crippen LogP contribution in [0.5, 0.6) is 5.88 Å². The van der Waals surface area contributed by atoms with E-state index in [1.54, 1.807) is 9.36 Å². The van der Waals surface area contributed by atoms with Gasteiger partial charge in [0.2, 0.25) is 5.88 Å². The van der Waals surface area contributed by atoms with Gasteiger partial charge in [-0.15, -0.1) is 0 Å². The van der Waals surface area contributed by atoms with Crippen molar-refractivity contribution in [2.24, 2.45) is 7.05 Å². The molecule has 202 valence electrons. The van der Waals surface area contributed by atoms with Crippen LogP contribution in [0, 0.1) is 13.8 Å². The van der Waals surface area contributed by atoms with Gasteiger partial charge in [0.15, 0.2) is 0 Å². The van der Waals surface area contributed by atoms with E-state index in [1.165, 1.54) is 0 Å². The summed E-state index contributed by atoms with van der Waals surface area (Å²) in [5.74, 6) is 1.41. The van der Waals surface area contributed by atoms with Gasteiger partial charge >= 0.3 is 0 Å². The van der Waals surface area contributed by atoms with Gasteiger partial charge in [-0.3, -0.25) is 18.2 Å². The first kappa shape index (κ1) is 26.1. The van der Waals surface area contributed by atoms with Crippen LogP contribution in [0.3, 0.4) is 0 Å². The molecular formula is C25H32N8O4S. The first-order valence-electron chi connectivity index (χ1n) is 12.3. The van der Waals surface area contributed by atoms with Crippen molar-refractivity contribution in [3.8, 4) is 17.1 Å². The van der Waals surface area contributed by atoms with Gasteiger partial charge in [-0.05, 0) is 40.0 Å². The fourth-order valence-corrected chi connectivity index (χ4v) is 5.14. The van der Waals surface area contributed by atoms with Crippen molar-refractivity contribution in [2.45, 2.75) is 40.0 Å². The lowest BCUT2D eigenvalue weighted by atomic mass is 10.2. The summed E-state index contributed by atoms with van der Waals surface area (Å²) in [4.78, 5) is 11.6. The lowest BCUT2D eigenvalue weighted by molar-refractivity contribution is 0.148. The molecule has 5 rings (SSSR count). The van der Waals surface area contributed by atoms with Crippen molar-refractivity contribution >= 4 is 27.8 Å². The molecule has 12 nitrogen and oxygen atoms in total. The number of hydrogen-bond acceptors (Lipinski definition) is 9. The zero-order chi connectivity index (χ0) is 27.2. The molecule has 13 heteroatoms. The zero-order valence-corrected chi connectivity index (χ0v) is 23.2. The number of likely N-dealkylation sites (N-methyl/N-ethyl adjacent to an activating group) is 1. The van der Waals surface area contributed by atoms with Crippen LogP contribution < -0.4 is 4.74 Å². The van der Waals surface area contributed by atoms with Crippen LogP contribution in [0.1, 0.15) is 35.4 Å². The third-order valence-electron chi connectivity index (χ3n) is 6.36. The molecule has 0 aliphatic carbocycles. The van der Waals surface area contributed by atoms with Crippen molar-refractivity contribution in [1.29, 1.82) is 0 Å². The first-order valence-corrected chi connectivity index (χ1v) is 14.1. The number of fused-ring (bicyclic) bond motifs is 4. The van der Waals surface area contributed by atoms with Crippen molar-refractivity contribution < 1.29 is 17.3 Å². The van der Waals surface area contributed by atoms with E-state index in [0.717, 1.165) is 51.5 Å². The summed E-state index contributed by atoms with van der Waals surface area (Å²) >= 11 is 0. The second-order valence-corrected chi connectivity index (χ2v) is 11.4. The molecule has 38 heavy (non-hydrogen) atoms. The predicted molar refractivity (Wildman–Crippen MR) is 143 cm³/mol. The van der Waals surface area contributed by atoms with Crippen LogP contribution in [0.2, 0.25) is 0 Å². The molecule has 0 fully saturated rings. The van der Waals surface area contributed by atoms with Crippen molar-refractivity contribution in [3.63, 3.8) is 0 Å². The SMILES string of the molecule is Cc1nn(C)c2c1-c1cn3c(ncc3c(C)n1)/C=C/c1cn(CCOS(C)(=O)=O)nc1CN(C)C[C@H](C)O2. The Balaban J connectivity index is 1.60. The van der Waals surface area contributed by atoms with Gasteiger partial charge in [0.25, 0.3) is 10.1 Å². The molecule has 0 saturated heterocycles. The Hall–Kier alpha value is -3.55. The van der Waals surface area contributed by atoms with Gasteiger partial charge < -0.3 is 4.74 Å². The molecule has 1 atom stereocenters. The number of ether oxygens (including phenoxy) is 1. The van der Waals surface area contributed by atoms with E-state index >= 15 is 0 Å². The molecule has 0 amide bonds. The molecule has 0 unspecified atom stereocenters. The standard InChI is InChI=1S/C25H32N8O4S/c1-16-12-30(4)14-20-19(13-32(29-20)9-10-36-38(6,34)35)7-8-23-26-11-22-17(2)27-21(15-33(22)23)24-18(3)28-31(5)25(24)37-16/h7-8,11,13,15-16H,9-10,12,14H2,1-6H3/b8-7+/t16-/m0/s1. The number of hydrogen-bond donors (Lipinski definition) is 0. The lowest BCUT2D eigenvalue weighted by Gasteiger charge is -2.22. The second-order valence-electron chi connectivity index (χ2n) is 9.75. The molecule has 2 bridgehead atoms. The molecule has 1 aliphatic heterocycles. The normalized spacial score (nSPS) is 17.6. The van der Waals surface area contributed by atoms with Crippen molar-refractivity contribution in [1.82, 2.24) is 38.8 Å². The van der Waals surface area contributed by atoms with Crippen LogP contribution in [-0.4, -0.2) is 79.8 Å². The summed E-state index contributed by atoms with van der Waals surface area (Å²) in [7, 11) is 0.370. The smallest absolute Gasteiger partial charge is 0.264 e. The summed E-state index contributed by atoms with van der Waals surface area (Å²) in [6.45, 7) is 7.48. The second kappa shape index (κ2) is 9.97. The molecule has 5 heterocycles. The van der Waals surface area contributed by atoms with E-state index in [4.69, 9.17) is 19.0 Å². The maximum absolute atomic E-state index is 11.4. The maximum atomic E-state index is 11.4. The Morgan fingerprint density at radius 3 is 2.68 bits per heavy atom. The number of rotatable bonds is 4. The highest BCUT2D eigenvalue weighted by molar-refractivity contribution is 7.85. The summed E-state index contributed by atoms with van der Waals surface area (Å²) in [5.41, 5.74) is 5.97. The Kier molecular flexibility index (Phi) is 6.84. The highest BCUT2D eigenvalue weighted by atomic mass is 32.2. The van der Waals surface area contributed by atoms with E-state index in [0.29, 0.717) is 25.5 Å². The van der Waals surface area contributed by atoms with Gasteiger partial charge in [0.05, 0.1) is 59.5 Å². The molecule has 0 saturated carbocycles. The third-order valence-corrected chi connectivity index (χ3v) is 6.96. The highest BCUT2D eigenvalue weighted by Gasteiger charge is 2.23. The number of aromatic nitrogens is 7. The summed E-state index contributed by atoms with van der Waals surface area (Å²) < 4.78 is 39.6. The van der Waals surface area contributed by atoms with E-state index in [9.17, 15) is 8.42 Å². The van der Waals surface area contributed by atoms with E-state index in [2.05, 4.69) is 15.0 Å². The van der Waals surface area contributed by atoms with Gasteiger partial charge in [-0.25, -0.2) is 14.6 Å². The number of nitrogens with zero attached hydrogens (tertiary/aromatic N) is 8. The summed E-state index contributed by atoms with van der Waals surface area (Å²) in [6.07, 6.45) is 10.5. The number of aryl methyl sites for hydroxylation is 3. The average molecular weight is 541 g/mol. The minimum Gasteiger partial charge on any atom is -0.473 e. The third kappa shape index (κ3) is 5.35. The fourth-order valence-electron chi connectivity index (χ4n) is 4.77. The van der Waals surface area contributed by atoms with Crippen molar-refractivity contribution in [2.75, 3.05) is 26.5 Å². The average Bonchev–Trinajstić information content (AvgIpc) is 3.46. The molecule has 0 aromatic carbocycles. The van der Waals surface area contributed by atoms with E-state index in [1.807, 2.05) is 70.0 Å². The minimum absolute atomic E-state index is 0.0101. The maximum Gasteiger partial charge on any atom is 0.264 e. The zero-order valence-electron chi connectivity index (χ0n) is 22.4. The molecule has 4 aromatic heterocycles. The number of imidazole rings is 1. The fraction of sp³-hybridized carbons (Fsp3) is 0.440. The summed E-state index contributed by atoms with van der Waals surface area (Å²) in [5, 5.41) is 9.34. The Labute approximate surface area is 221 Å². The summed E-state index contributed by atoms with van der Waals surface area (Å²) in [6, 6.07) is 0. The van der Waals surface area contributed by atoms with Gasteiger partial charge in [-0.1, -0.05) is 0 Å². The Morgan fingerprint density at radius 1 is 1.13 bits per heavy atom. The molecule has 0 radical (unpaired) electrons. The highest BCUT2D eigenvalue weighted by Crippen LogP contribution is 2.33. The predicted octanol–water partition coefficient (Wildman–Crippen LogP) is 2.30. The molecule has 4 aromatic rings. The first-order chi connectivity index (χ1) is 18.0. The van der Waals surface area contributed by atoms with Crippen LogP contribution in [-0.2, 0) is 34.4 Å².